The van der Waals surface area contributed by atoms with E-state index in [4.69, 9.17) is 4.74 Å². The van der Waals surface area contributed by atoms with Gasteiger partial charge in [0.25, 0.3) is 0 Å². The van der Waals surface area contributed by atoms with Crippen molar-refractivity contribution >= 4 is 0 Å². The predicted octanol–water partition coefficient (Wildman–Crippen LogP) is 1.23. The Morgan fingerprint density at radius 3 is 2.54 bits per heavy atom. The number of aromatic nitrogens is 1. The summed E-state index contributed by atoms with van der Waals surface area (Å²) in [6, 6.07) is 4.09. The zero-order valence-corrected chi connectivity index (χ0v) is 8.23. The van der Waals surface area contributed by atoms with E-state index in [1.54, 1.807) is 0 Å². The quantitative estimate of drug-likeness (QED) is 0.647. The monoisotopic (exact) mass is 180 g/mol. The molecule has 1 aliphatic heterocycles. The summed E-state index contributed by atoms with van der Waals surface area (Å²) in [6.07, 6.45) is 4.14. The molecule has 72 valence electrons. The first-order valence-electron chi connectivity index (χ1n) is 4.70. The molecule has 0 saturated carbocycles. The topological polar surface area (TPSA) is 17.4 Å². The Morgan fingerprint density at radius 2 is 1.92 bits per heavy atom. The number of hydrogen-bond acceptors (Lipinski definition) is 2. The second-order valence-corrected chi connectivity index (χ2v) is 4.06. The van der Waals surface area contributed by atoms with Crippen molar-refractivity contribution in [2.75, 3.05) is 24.7 Å². The van der Waals surface area contributed by atoms with Crippen LogP contribution < -0.4 is 5.01 Å². The van der Waals surface area contributed by atoms with E-state index in [-0.39, 0.29) is 5.60 Å². The summed E-state index contributed by atoms with van der Waals surface area (Å²) >= 11 is 0. The molecule has 3 heteroatoms. The zero-order chi connectivity index (χ0) is 9.31. The molecule has 0 spiro atoms. The molecule has 0 unspecified atom stereocenters. The standard InChI is InChI=1S/C10H16N2O/c1-10(2)9-12(7-8-13-10)11-5-3-4-6-11/h3-6H,7-9H2,1-2H3. The maximum atomic E-state index is 5.64. The largest absolute Gasteiger partial charge is 0.372 e. The van der Waals surface area contributed by atoms with Gasteiger partial charge in [0.05, 0.1) is 25.3 Å². The molecule has 0 N–H and O–H groups in total. The van der Waals surface area contributed by atoms with Gasteiger partial charge in [0, 0.05) is 12.4 Å². The summed E-state index contributed by atoms with van der Waals surface area (Å²) in [5.41, 5.74) is -0.0253. The smallest absolute Gasteiger partial charge is 0.0817 e. The number of ether oxygens (including phenoxy) is 1. The summed E-state index contributed by atoms with van der Waals surface area (Å²) < 4.78 is 7.77. The molecular weight excluding hydrogens is 164 g/mol. The fraction of sp³-hybridized carbons (Fsp3) is 0.600. The number of rotatable bonds is 1. The Balaban J connectivity index is 2.09. The van der Waals surface area contributed by atoms with Gasteiger partial charge in [0.15, 0.2) is 0 Å². The summed E-state index contributed by atoms with van der Waals surface area (Å²) in [5, 5.41) is 2.30. The van der Waals surface area contributed by atoms with Crippen LogP contribution in [0, 0.1) is 0 Å². The van der Waals surface area contributed by atoms with Gasteiger partial charge in [-0.2, -0.15) is 0 Å². The molecule has 13 heavy (non-hydrogen) atoms. The first-order chi connectivity index (χ1) is 6.17. The van der Waals surface area contributed by atoms with Crippen LogP contribution in [0.15, 0.2) is 24.5 Å². The fourth-order valence-electron chi connectivity index (χ4n) is 1.70. The van der Waals surface area contributed by atoms with Crippen molar-refractivity contribution in [3.05, 3.63) is 24.5 Å². The minimum atomic E-state index is -0.0253. The molecule has 0 bridgehead atoms. The van der Waals surface area contributed by atoms with Crippen LogP contribution in [0.2, 0.25) is 0 Å². The van der Waals surface area contributed by atoms with Gasteiger partial charge in [-0.05, 0) is 26.0 Å². The van der Waals surface area contributed by atoms with Crippen LogP contribution in [0.5, 0.6) is 0 Å². The van der Waals surface area contributed by atoms with E-state index in [0.29, 0.717) is 0 Å². The Bertz CT molecular complexity index is 266. The van der Waals surface area contributed by atoms with E-state index >= 15 is 0 Å². The van der Waals surface area contributed by atoms with Crippen molar-refractivity contribution in [3.8, 4) is 0 Å². The van der Waals surface area contributed by atoms with Gasteiger partial charge in [0.2, 0.25) is 0 Å². The van der Waals surface area contributed by atoms with Crippen LogP contribution in [0.25, 0.3) is 0 Å². The maximum absolute atomic E-state index is 5.64. The normalized spacial score (nSPS) is 21.8. The molecule has 1 aromatic heterocycles. The van der Waals surface area contributed by atoms with Gasteiger partial charge < -0.3 is 9.75 Å². The minimum Gasteiger partial charge on any atom is -0.372 e. The molecule has 1 aromatic rings. The van der Waals surface area contributed by atoms with Crippen LogP contribution >= 0.6 is 0 Å². The molecule has 1 aliphatic rings. The van der Waals surface area contributed by atoms with Crippen molar-refractivity contribution < 1.29 is 4.74 Å². The van der Waals surface area contributed by atoms with E-state index in [0.717, 1.165) is 19.7 Å². The highest BCUT2D eigenvalue weighted by Crippen LogP contribution is 2.15. The second-order valence-electron chi connectivity index (χ2n) is 4.06. The summed E-state index contributed by atoms with van der Waals surface area (Å²) in [7, 11) is 0. The SMILES string of the molecule is CC1(C)CN(n2cccc2)CCO1. The van der Waals surface area contributed by atoms with E-state index < -0.39 is 0 Å². The zero-order valence-electron chi connectivity index (χ0n) is 8.23. The first kappa shape index (κ1) is 8.63. The second kappa shape index (κ2) is 3.07. The van der Waals surface area contributed by atoms with Crippen LogP contribution in [-0.2, 0) is 4.74 Å². The Hall–Kier alpha value is -0.960. The molecule has 2 heterocycles. The molecule has 1 fully saturated rings. The first-order valence-corrected chi connectivity index (χ1v) is 4.70. The van der Waals surface area contributed by atoms with Crippen LogP contribution in [-0.4, -0.2) is 30.0 Å². The molecule has 2 rings (SSSR count). The van der Waals surface area contributed by atoms with Gasteiger partial charge in [-0.25, -0.2) is 0 Å². The van der Waals surface area contributed by atoms with Gasteiger partial charge in [-0.15, -0.1) is 0 Å². The third-order valence-electron chi connectivity index (χ3n) is 2.32. The predicted molar refractivity (Wildman–Crippen MR) is 52.4 cm³/mol. The lowest BCUT2D eigenvalue weighted by atomic mass is 10.1. The molecule has 0 aromatic carbocycles. The lowest BCUT2D eigenvalue weighted by molar-refractivity contribution is -0.0351. The summed E-state index contributed by atoms with van der Waals surface area (Å²) in [6.45, 7) is 6.98. The summed E-state index contributed by atoms with van der Waals surface area (Å²) in [4.78, 5) is 0. The third-order valence-corrected chi connectivity index (χ3v) is 2.32. The van der Waals surface area contributed by atoms with Crippen molar-refractivity contribution in [2.45, 2.75) is 19.4 Å². The molecule has 0 atom stereocenters. The molecule has 0 amide bonds. The minimum absolute atomic E-state index is 0.0253. The molecule has 1 saturated heterocycles. The van der Waals surface area contributed by atoms with Gasteiger partial charge in [0.1, 0.15) is 0 Å². The lowest BCUT2D eigenvalue weighted by Crippen LogP contribution is -2.52. The summed E-state index contributed by atoms with van der Waals surface area (Å²) in [5.74, 6) is 0. The number of hydrogen-bond donors (Lipinski definition) is 0. The van der Waals surface area contributed by atoms with Gasteiger partial charge in [-0.1, -0.05) is 0 Å². The van der Waals surface area contributed by atoms with Gasteiger partial charge in [-0.3, -0.25) is 4.68 Å². The molecule has 0 radical (unpaired) electrons. The highest BCUT2D eigenvalue weighted by molar-refractivity contribution is 5.01. The molecular formula is C10H16N2O. The van der Waals surface area contributed by atoms with Crippen LogP contribution in [0.1, 0.15) is 13.8 Å². The van der Waals surface area contributed by atoms with Crippen molar-refractivity contribution in [1.82, 2.24) is 4.68 Å². The highest BCUT2D eigenvalue weighted by atomic mass is 16.5. The van der Waals surface area contributed by atoms with Gasteiger partial charge >= 0.3 is 0 Å². The van der Waals surface area contributed by atoms with E-state index in [2.05, 4.69) is 35.9 Å². The third kappa shape index (κ3) is 1.86. The number of morpholine rings is 1. The highest BCUT2D eigenvalue weighted by Gasteiger charge is 2.26. The molecule has 3 nitrogen and oxygen atoms in total. The van der Waals surface area contributed by atoms with Crippen LogP contribution in [0.4, 0.5) is 0 Å². The lowest BCUT2D eigenvalue weighted by Gasteiger charge is -2.39. The van der Waals surface area contributed by atoms with E-state index in [1.165, 1.54) is 0 Å². The average molecular weight is 180 g/mol. The van der Waals surface area contributed by atoms with E-state index in [1.807, 2.05) is 12.1 Å². The van der Waals surface area contributed by atoms with E-state index in [9.17, 15) is 0 Å². The Kier molecular flexibility index (Phi) is 2.04. The van der Waals surface area contributed by atoms with Crippen molar-refractivity contribution in [2.24, 2.45) is 0 Å². The fourth-order valence-corrected chi connectivity index (χ4v) is 1.70. The van der Waals surface area contributed by atoms with Crippen LogP contribution in [0.3, 0.4) is 0 Å². The molecule has 0 aliphatic carbocycles. The van der Waals surface area contributed by atoms with Crippen molar-refractivity contribution in [3.63, 3.8) is 0 Å². The average Bonchev–Trinajstić information content (AvgIpc) is 2.53. The maximum Gasteiger partial charge on any atom is 0.0817 e. The Morgan fingerprint density at radius 1 is 1.23 bits per heavy atom. The van der Waals surface area contributed by atoms with Crippen molar-refractivity contribution in [1.29, 1.82) is 0 Å². The number of nitrogens with zero attached hydrogens (tertiary/aromatic N) is 2. The Labute approximate surface area is 78.9 Å².